The molecule has 2 saturated heterocycles. The number of hydrogen-bond acceptors (Lipinski definition) is 8. The first-order chi connectivity index (χ1) is 24.1. The van der Waals surface area contributed by atoms with Crippen molar-refractivity contribution in [3.63, 3.8) is 0 Å². The van der Waals surface area contributed by atoms with Gasteiger partial charge in [0.25, 0.3) is 0 Å². The molecule has 0 saturated carbocycles. The fourth-order valence-corrected chi connectivity index (χ4v) is 8.62. The van der Waals surface area contributed by atoms with E-state index in [1.54, 1.807) is 18.4 Å². The van der Waals surface area contributed by atoms with Gasteiger partial charge in [0.1, 0.15) is 18.1 Å². The van der Waals surface area contributed by atoms with Gasteiger partial charge in [0.2, 0.25) is 0 Å². The second-order valence-corrected chi connectivity index (χ2v) is 13.9. The second kappa shape index (κ2) is 15.2. The predicted molar refractivity (Wildman–Crippen MR) is 197 cm³/mol. The third kappa shape index (κ3) is 6.76. The number of ether oxygens (including phenoxy) is 3. The number of thiophene rings is 1. The maximum Gasteiger partial charge on any atom is 0.154 e. The van der Waals surface area contributed by atoms with E-state index in [0.29, 0.717) is 43.4 Å². The van der Waals surface area contributed by atoms with Crippen LogP contribution in [0.25, 0.3) is 32.3 Å². The van der Waals surface area contributed by atoms with E-state index < -0.39 is 0 Å². The smallest absolute Gasteiger partial charge is 0.154 e. The zero-order chi connectivity index (χ0) is 33.7. The SMILES string of the molecule is COc1c(CN2CCOCC2)cc(OCc2ccccc2)c(C=O)c1-c1csc2cccc(-c3ccccc3C(C)N3CCC[C@H]3CO)c12. The molecule has 254 valence electrons. The molecule has 0 radical (unpaired) electrons. The summed E-state index contributed by atoms with van der Waals surface area (Å²) >= 11 is 1.67. The Bertz CT molecular complexity index is 1900. The minimum Gasteiger partial charge on any atom is -0.496 e. The molecule has 0 aliphatic carbocycles. The van der Waals surface area contributed by atoms with Gasteiger partial charge in [-0.1, -0.05) is 66.7 Å². The van der Waals surface area contributed by atoms with Crippen LogP contribution in [-0.4, -0.2) is 73.8 Å². The Morgan fingerprint density at radius 2 is 1.76 bits per heavy atom. The molecular formula is C41H44N2O5S. The number of hydrogen-bond donors (Lipinski definition) is 1. The van der Waals surface area contributed by atoms with Crippen molar-refractivity contribution in [2.45, 2.75) is 45.0 Å². The summed E-state index contributed by atoms with van der Waals surface area (Å²) in [6.45, 7) is 7.40. The molecule has 1 N–H and O–H groups in total. The molecule has 0 amide bonds. The van der Waals surface area contributed by atoms with Crippen LogP contribution in [0.5, 0.6) is 11.5 Å². The normalized spacial score (nSPS) is 17.7. The Labute approximate surface area is 292 Å². The molecule has 0 bridgehead atoms. The molecule has 1 aromatic heterocycles. The summed E-state index contributed by atoms with van der Waals surface area (Å²) < 4.78 is 19.5. The topological polar surface area (TPSA) is 71.5 Å². The van der Waals surface area contributed by atoms with Gasteiger partial charge in [-0.05, 0) is 66.1 Å². The fourth-order valence-electron chi connectivity index (χ4n) is 7.64. The van der Waals surface area contributed by atoms with Crippen molar-refractivity contribution in [2.75, 3.05) is 46.6 Å². The molecule has 2 atom stereocenters. The number of aliphatic hydroxyl groups excluding tert-OH is 1. The maximum absolute atomic E-state index is 13.2. The van der Waals surface area contributed by atoms with Crippen LogP contribution in [0.15, 0.2) is 84.2 Å². The number of morpholine rings is 1. The van der Waals surface area contributed by atoms with Gasteiger partial charge in [-0.25, -0.2) is 0 Å². The molecule has 2 aliphatic rings. The number of carbonyl (C=O) groups is 1. The van der Waals surface area contributed by atoms with E-state index in [2.05, 4.69) is 64.6 Å². The minimum atomic E-state index is 0.128. The van der Waals surface area contributed by atoms with Gasteiger partial charge < -0.3 is 19.3 Å². The Kier molecular flexibility index (Phi) is 10.4. The minimum absolute atomic E-state index is 0.128. The van der Waals surface area contributed by atoms with Crippen molar-refractivity contribution in [3.05, 3.63) is 106 Å². The van der Waals surface area contributed by atoms with Crippen molar-refractivity contribution in [1.82, 2.24) is 9.80 Å². The van der Waals surface area contributed by atoms with E-state index in [1.807, 2.05) is 36.4 Å². The molecule has 49 heavy (non-hydrogen) atoms. The van der Waals surface area contributed by atoms with E-state index in [9.17, 15) is 9.90 Å². The molecule has 0 spiro atoms. The Morgan fingerprint density at radius 1 is 0.980 bits per heavy atom. The van der Waals surface area contributed by atoms with Crippen molar-refractivity contribution in [3.8, 4) is 33.8 Å². The summed E-state index contributed by atoms with van der Waals surface area (Å²) in [5.41, 5.74) is 7.70. The lowest BCUT2D eigenvalue weighted by Gasteiger charge is -2.31. The summed E-state index contributed by atoms with van der Waals surface area (Å²) in [5.74, 6) is 1.24. The molecule has 7 rings (SSSR count). The second-order valence-electron chi connectivity index (χ2n) is 12.9. The third-order valence-corrected chi connectivity index (χ3v) is 11.1. The van der Waals surface area contributed by atoms with Gasteiger partial charge in [-0.2, -0.15) is 0 Å². The van der Waals surface area contributed by atoms with Crippen LogP contribution >= 0.6 is 11.3 Å². The number of nitrogens with zero attached hydrogens (tertiary/aromatic N) is 2. The van der Waals surface area contributed by atoms with Crippen molar-refractivity contribution in [1.29, 1.82) is 0 Å². The molecule has 5 aromatic rings. The third-order valence-electron chi connectivity index (χ3n) is 10.1. The molecule has 2 fully saturated rings. The summed E-state index contributed by atoms with van der Waals surface area (Å²) in [7, 11) is 1.70. The number of likely N-dealkylation sites (tertiary alicyclic amines) is 1. The van der Waals surface area contributed by atoms with Crippen LogP contribution in [0.1, 0.15) is 52.9 Å². The zero-order valence-corrected chi connectivity index (χ0v) is 29.1. The summed E-state index contributed by atoms with van der Waals surface area (Å²) in [5, 5.41) is 13.4. The van der Waals surface area contributed by atoms with Crippen LogP contribution < -0.4 is 9.47 Å². The Hall–Kier alpha value is -4.05. The number of benzene rings is 4. The highest BCUT2D eigenvalue weighted by molar-refractivity contribution is 7.17. The first kappa shape index (κ1) is 33.4. The van der Waals surface area contributed by atoms with Gasteiger partial charge >= 0.3 is 0 Å². The molecule has 1 unspecified atom stereocenters. The highest BCUT2D eigenvalue weighted by atomic mass is 32.1. The zero-order valence-electron chi connectivity index (χ0n) is 28.3. The largest absolute Gasteiger partial charge is 0.496 e. The molecule has 2 aliphatic heterocycles. The lowest BCUT2D eigenvalue weighted by Crippen LogP contribution is -2.35. The number of rotatable bonds is 12. The van der Waals surface area contributed by atoms with Crippen LogP contribution in [0.4, 0.5) is 0 Å². The lowest BCUT2D eigenvalue weighted by atomic mass is 9.88. The summed E-state index contributed by atoms with van der Waals surface area (Å²) in [6, 6.07) is 27.4. The Balaban J connectivity index is 1.40. The number of aldehydes is 1. The summed E-state index contributed by atoms with van der Waals surface area (Å²) in [4.78, 5) is 18.0. The van der Waals surface area contributed by atoms with Crippen LogP contribution in [0.3, 0.4) is 0 Å². The van der Waals surface area contributed by atoms with Crippen molar-refractivity contribution < 1.29 is 24.1 Å². The van der Waals surface area contributed by atoms with Gasteiger partial charge in [-0.15, -0.1) is 11.3 Å². The maximum atomic E-state index is 13.2. The van der Waals surface area contributed by atoms with E-state index in [0.717, 1.165) is 82.2 Å². The highest BCUT2D eigenvalue weighted by Gasteiger charge is 2.31. The number of fused-ring (bicyclic) bond motifs is 1. The van der Waals surface area contributed by atoms with Gasteiger partial charge in [0.15, 0.2) is 6.29 Å². The Morgan fingerprint density at radius 3 is 2.53 bits per heavy atom. The van der Waals surface area contributed by atoms with Crippen LogP contribution in [0, 0.1) is 0 Å². The monoisotopic (exact) mass is 676 g/mol. The fraction of sp³-hybridized carbons (Fsp3) is 0.341. The standard InChI is InChI=1S/C41H44N2O5S/c1-28(43-17-9-12-31(43)24-44)32-13-6-7-14-33(32)34-15-8-16-38-39(34)36(27-49-38)40-35(25-45)37(48-26-29-10-4-3-5-11-29)22-30(41(40)46-2)23-42-18-20-47-21-19-42/h3-8,10-11,13-16,22,25,27-28,31,44H,9,12,17-21,23-24,26H2,1-2H3/t28?,31-/m0/s1. The average Bonchev–Trinajstić information content (AvgIpc) is 3.82. The average molecular weight is 677 g/mol. The van der Waals surface area contributed by atoms with Gasteiger partial charge in [0.05, 0.1) is 32.5 Å². The molecule has 4 aromatic carbocycles. The lowest BCUT2D eigenvalue weighted by molar-refractivity contribution is 0.0338. The molecular weight excluding hydrogens is 633 g/mol. The van der Waals surface area contributed by atoms with E-state index in [4.69, 9.17) is 14.2 Å². The number of aliphatic hydroxyl groups is 1. The van der Waals surface area contributed by atoms with Gasteiger partial charge in [-0.3, -0.25) is 14.6 Å². The van der Waals surface area contributed by atoms with E-state index in [-0.39, 0.29) is 18.7 Å². The summed E-state index contributed by atoms with van der Waals surface area (Å²) in [6.07, 6.45) is 3.02. The van der Waals surface area contributed by atoms with Crippen LogP contribution in [-0.2, 0) is 17.9 Å². The predicted octanol–water partition coefficient (Wildman–Crippen LogP) is 7.99. The van der Waals surface area contributed by atoms with Crippen LogP contribution in [0.2, 0.25) is 0 Å². The quantitative estimate of drug-likeness (QED) is 0.134. The molecule has 7 nitrogen and oxygen atoms in total. The van der Waals surface area contributed by atoms with Gasteiger partial charge in [0, 0.05) is 58.5 Å². The first-order valence-corrected chi connectivity index (χ1v) is 18.1. The number of methoxy groups -OCH3 is 1. The first-order valence-electron chi connectivity index (χ1n) is 17.2. The molecule has 3 heterocycles. The van der Waals surface area contributed by atoms with Crippen molar-refractivity contribution >= 4 is 27.7 Å². The number of carbonyl (C=O) groups excluding carboxylic acids is 1. The van der Waals surface area contributed by atoms with E-state index >= 15 is 0 Å². The highest BCUT2D eigenvalue weighted by Crippen LogP contribution is 2.49. The molecule has 8 heteroatoms. The van der Waals surface area contributed by atoms with E-state index in [1.165, 1.54) is 5.56 Å². The van der Waals surface area contributed by atoms with Crippen molar-refractivity contribution in [2.24, 2.45) is 0 Å².